The maximum atomic E-state index is 6.53. The van der Waals surface area contributed by atoms with Crippen molar-refractivity contribution in [1.82, 2.24) is 0 Å². The number of hydrogen-bond acceptors (Lipinski definition) is 0. The molecule has 0 aromatic carbocycles. The van der Waals surface area contributed by atoms with Crippen LogP contribution in [0.1, 0.15) is 105 Å². The van der Waals surface area contributed by atoms with Crippen molar-refractivity contribution in [2.45, 2.75) is 110 Å². The van der Waals surface area contributed by atoms with E-state index in [0.29, 0.717) is 0 Å². The summed E-state index contributed by atoms with van der Waals surface area (Å²) >= 11 is 6.53. The lowest BCUT2D eigenvalue weighted by Gasteiger charge is -2.24. The molecule has 20 heavy (non-hydrogen) atoms. The van der Waals surface area contributed by atoms with E-state index in [-0.39, 0.29) is 4.87 Å². The third-order valence-electron chi connectivity index (χ3n) is 4.86. The first-order chi connectivity index (χ1) is 9.43. The van der Waals surface area contributed by atoms with Gasteiger partial charge in [0.1, 0.15) is 0 Å². The molecule has 3 unspecified atom stereocenters. The Balaban J connectivity index is 3.66. The Bertz CT molecular complexity index is 210. The van der Waals surface area contributed by atoms with E-state index < -0.39 is 0 Å². The van der Waals surface area contributed by atoms with Crippen molar-refractivity contribution in [2.75, 3.05) is 0 Å². The van der Waals surface area contributed by atoms with Crippen LogP contribution in [0.3, 0.4) is 0 Å². The first-order valence-corrected chi connectivity index (χ1v) is 9.49. The molecule has 0 bridgehead atoms. The molecular weight excluding hydrogens is 264 g/mol. The smallest absolute Gasteiger partial charge is 0.0418 e. The van der Waals surface area contributed by atoms with E-state index >= 15 is 0 Å². The van der Waals surface area contributed by atoms with Gasteiger partial charge in [0.25, 0.3) is 0 Å². The van der Waals surface area contributed by atoms with Crippen LogP contribution in [0.4, 0.5) is 0 Å². The average Bonchev–Trinajstić information content (AvgIpc) is 2.37. The predicted molar refractivity (Wildman–Crippen MR) is 94.7 cm³/mol. The predicted octanol–water partition coefficient (Wildman–Crippen LogP) is 7.59. The Kier molecular flexibility index (Phi) is 12.1. The highest BCUT2D eigenvalue weighted by molar-refractivity contribution is 6.23. The van der Waals surface area contributed by atoms with Crippen molar-refractivity contribution in [1.29, 1.82) is 0 Å². The number of hydrogen-bond donors (Lipinski definition) is 0. The monoisotopic (exact) mass is 302 g/mol. The molecule has 122 valence electrons. The average molecular weight is 303 g/mol. The zero-order valence-corrected chi connectivity index (χ0v) is 15.6. The molecule has 0 saturated carbocycles. The fraction of sp³-hybridized carbons (Fsp3) is 1.00. The molecule has 0 nitrogen and oxygen atoms in total. The second kappa shape index (κ2) is 11.9. The van der Waals surface area contributed by atoms with Crippen molar-refractivity contribution >= 4 is 11.6 Å². The van der Waals surface area contributed by atoms with E-state index in [0.717, 1.165) is 18.3 Å². The molecule has 0 saturated heterocycles. The summed E-state index contributed by atoms with van der Waals surface area (Å²) in [4.78, 5) is 0.0395. The Morgan fingerprint density at radius 1 is 0.750 bits per heavy atom. The van der Waals surface area contributed by atoms with E-state index in [4.69, 9.17) is 11.6 Å². The minimum Gasteiger partial charge on any atom is -0.120 e. The number of alkyl halides is 1. The summed E-state index contributed by atoms with van der Waals surface area (Å²) in [5, 5.41) is 0. The van der Waals surface area contributed by atoms with Crippen LogP contribution in [0.5, 0.6) is 0 Å². The summed E-state index contributed by atoms with van der Waals surface area (Å²) in [6.07, 6.45) is 14.6. The Morgan fingerprint density at radius 2 is 1.30 bits per heavy atom. The van der Waals surface area contributed by atoms with E-state index in [9.17, 15) is 0 Å². The zero-order valence-electron chi connectivity index (χ0n) is 14.8. The summed E-state index contributed by atoms with van der Waals surface area (Å²) in [5.41, 5.74) is 0. The standard InChI is InChI=1S/C19H39Cl/c1-6-8-9-10-11-13-17(3)18(4)14-12-16-19(5,20)15-7-2/h17-18H,6-16H2,1-5H3. The first-order valence-electron chi connectivity index (χ1n) is 9.11. The normalized spacial score (nSPS) is 17.7. The second-order valence-corrected chi connectivity index (χ2v) is 8.13. The van der Waals surface area contributed by atoms with Crippen molar-refractivity contribution in [3.63, 3.8) is 0 Å². The van der Waals surface area contributed by atoms with Gasteiger partial charge in [-0.15, -0.1) is 11.6 Å². The molecule has 0 aliphatic rings. The van der Waals surface area contributed by atoms with Crippen molar-refractivity contribution in [2.24, 2.45) is 11.8 Å². The minimum atomic E-state index is 0.0395. The van der Waals surface area contributed by atoms with Crippen LogP contribution < -0.4 is 0 Å². The SMILES string of the molecule is CCCCCCCC(C)C(C)CCCC(C)(Cl)CCC. The van der Waals surface area contributed by atoms with Crippen LogP contribution in [0.2, 0.25) is 0 Å². The molecule has 0 N–H and O–H groups in total. The lowest BCUT2D eigenvalue weighted by Crippen LogP contribution is -2.17. The molecular formula is C19H39Cl. The van der Waals surface area contributed by atoms with Crippen LogP contribution >= 0.6 is 11.6 Å². The number of rotatable bonds is 13. The van der Waals surface area contributed by atoms with Crippen molar-refractivity contribution < 1.29 is 0 Å². The maximum Gasteiger partial charge on any atom is 0.0418 e. The highest BCUT2D eigenvalue weighted by Crippen LogP contribution is 2.30. The largest absolute Gasteiger partial charge is 0.120 e. The molecule has 0 aromatic heterocycles. The second-order valence-electron chi connectivity index (χ2n) is 7.21. The van der Waals surface area contributed by atoms with E-state index in [1.165, 1.54) is 64.2 Å². The molecule has 0 spiro atoms. The van der Waals surface area contributed by atoms with Crippen LogP contribution in [0.15, 0.2) is 0 Å². The van der Waals surface area contributed by atoms with E-state index in [2.05, 4.69) is 34.6 Å². The van der Waals surface area contributed by atoms with Gasteiger partial charge in [0.2, 0.25) is 0 Å². The highest BCUT2D eigenvalue weighted by Gasteiger charge is 2.20. The summed E-state index contributed by atoms with van der Waals surface area (Å²) < 4.78 is 0. The fourth-order valence-electron chi connectivity index (χ4n) is 3.08. The summed E-state index contributed by atoms with van der Waals surface area (Å²) in [7, 11) is 0. The van der Waals surface area contributed by atoms with Gasteiger partial charge in [-0.1, -0.05) is 85.5 Å². The van der Waals surface area contributed by atoms with Gasteiger partial charge >= 0.3 is 0 Å². The molecule has 0 aliphatic carbocycles. The molecule has 0 heterocycles. The third kappa shape index (κ3) is 11.0. The number of unbranched alkanes of at least 4 members (excludes halogenated alkanes) is 4. The third-order valence-corrected chi connectivity index (χ3v) is 5.24. The van der Waals surface area contributed by atoms with Gasteiger partial charge < -0.3 is 0 Å². The van der Waals surface area contributed by atoms with Gasteiger partial charge in [0.15, 0.2) is 0 Å². The molecule has 0 aromatic rings. The van der Waals surface area contributed by atoms with Crippen molar-refractivity contribution in [3.8, 4) is 0 Å². The van der Waals surface area contributed by atoms with Gasteiger partial charge in [0.05, 0.1) is 0 Å². The molecule has 1 heteroatoms. The van der Waals surface area contributed by atoms with E-state index in [1.807, 2.05) is 0 Å². The quantitative estimate of drug-likeness (QED) is 0.243. The van der Waals surface area contributed by atoms with Crippen LogP contribution in [-0.4, -0.2) is 4.87 Å². The summed E-state index contributed by atoms with van der Waals surface area (Å²) in [6, 6.07) is 0. The van der Waals surface area contributed by atoms with Gasteiger partial charge in [-0.3, -0.25) is 0 Å². The van der Waals surface area contributed by atoms with Gasteiger partial charge in [-0.2, -0.15) is 0 Å². The lowest BCUT2D eigenvalue weighted by atomic mass is 9.85. The van der Waals surface area contributed by atoms with Gasteiger partial charge in [-0.05, 0) is 31.6 Å². The first kappa shape index (κ1) is 20.3. The molecule has 0 rings (SSSR count). The molecule has 3 atom stereocenters. The molecule has 0 amide bonds. The Labute approximate surface area is 134 Å². The van der Waals surface area contributed by atoms with Crippen molar-refractivity contribution in [3.05, 3.63) is 0 Å². The topological polar surface area (TPSA) is 0 Å². The summed E-state index contributed by atoms with van der Waals surface area (Å²) in [5.74, 6) is 1.74. The van der Waals surface area contributed by atoms with Crippen LogP contribution in [0.25, 0.3) is 0 Å². The van der Waals surface area contributed by atoms with E-state index in [1.54, 1.807) is 0 Å². The molecule has 0 radical (unpaired) electrons. The summed E-state index contributed by atoms with van der Waals surface area (Å²) in [6.45, 7) is 11.6. The van der Waals surface area contributed by atoms with Gasteiger partial charge in [-0.25, -0.2) is 0 Å². The van der Waals surface area contributed by atoms with Gasteiger partial charge in [0, 0.05) is 4.87 Å². The fourth-order valence-corrected chi connectivity index (χ4v) is 3.40. The molecule has 0 fully saturated rings. The van der Waals surface area contributed by atoms with Crippen LogP contribution in [-0.2, 0) is 0 Å². The Hall–Kier alpha value is 0.290. The number of halogens is 1. The highest BCUT2D eigenvalue weighted by atomic mass is 35.5. The van der Waals surface area contributed by atoms with Crippen LogP contribution in [0, 0.1) is 11.8 Å². The Morgan fingerprint density at radius 3 is 1.85 bits per heavy atom. The minimum absolute atomic E-state index is 0.0395. The molecule has 0 aliphatic heterocycles. The maximum absolute atomic E-state index is 6.53. The lowest BCUT2D eigenvalue weighted by molar-refractivity contribution is 0.316. The zero-order chi connectivity index (χ0) is 15.4.